The molecule has 1 heterocycles. The van der Waals surface area contributed by atoms with Crippen LogP contribution >= 0.6 is 15.9 Å². The molecule has 0 aliphatic carbocycles. The van der Waals surface area contributed by atoms with Gasteiger partial charge in [0.05, 0.1) is 0 Å². The van der Waals surface area contributed by atoms with Crippen LogP contribution in [-0.4, -0.2) is 30.4 Å². The number of halogens is 1. The number of amides is 1. The molecule has 3 nitrogen and oxygen atoms in total. The minimum absolute atomic E-state index is 0.130. The molecule has 0 radical (unpaired) electrons. The lowest BCUT2D eigenvalue weighted by atomic mass is 9.94. The van der Waals surface area contributed by atoms with Crippen molar-refractivity contribution in [3.8, 4) is 0 Å². The van der Waals surface area contributed by atoms with Crippen molar-refractivity contribution >= 4 is 21.8 Å². The molecule has 0 bridgehead atoms. The van der Waals surface area contributed by atoms with E-state index in [2.05, 4.69) is 63.5 Å². The molecule has 0 aromatic heterocycles. The van der Waals surface area contributed by atoms with E-state index in [1.165, 1.54) is 21.2 Å². The molecule has 24 heavy (non-hydrogen) atoms. The third-order valence-corrected chi connectivity index (χ3v) is 5.46. The Balaban J connectivity index is 1.51. The van der Waals surface area contributed by atoms with Crippen LogP contribution in [0, 0.1) is 0 Å². The summed E-state index contributed by atoms with van der Waals surface area (Å²) >= 11 is 3.65. The van der Waals surface area contributed by atoms with Crippen molar-refractivity contribution < 1.29 is 4.79 Å². The summed E-state index contributed by atoms with van der Waals surface area (Å²) in [4.78, 5) is 14.5. The van der Waals surface area contributed by atoms with E-state index in [-0.39, 0.29) is 5.91 Å². The zero-order valence-corrected chi connectivity index (χ0v) is 15.6. The fraction of sp³-hybridized carbons (Fsp3) is 0.350. The molecule has 1 atom stereocenters. The minimum atomic E-state index is 0.130. The smallest absolute Gasteiger partial charge is 0.220 e. The second-order valence-corrected chi connectivity index (χ2v) is 7.29. The number of hydrogen-bond donors (Lipinski definition) is 1. The highest BCUT2D eigenvalue weighted by Crippen LogP contribution is 2.28. The van der Waals surface area contributed by atoms with Gasteiger partial charge >= 0.3 is 0 Å². The van der Waals surface area contributed by atoms with Crippen molar-refractivity contribution in [1.82, 2.24) is 10.2 Å². The molecular formula is C20H23BrN2O. The zero-order valence-electron chi connectivity index (χ0n) is 14.0. The molecule has 0 fully saturated rings. The Bertz CT molecular complexity index is 702. The maximum Gasteiger partial charge on any atom is 0.220 e. The van der Waals surface area contributed by atoms with Crippen LogP contribution in [0.15, 0.2) is 53.0 Å². The molecule has 0 spiro atoms. The van der Waals surface area contributed by atoms with E-state index in [1.807, 2.05) is 18.2 Å². The Hall–Kier alpha value is -1.65. The quantitative estimate of drug-likeness (QED) is 0.851. The Morgan fingerprint density at radius 2 is 2.00 bits per heavy atom. The SMILES string of the molecule is CN1Cc2cccc(Br)c2C[C@H]1CNC(=O)CCc1ccccc1. The van der Waals surface area contributed by atoms with Gasteiger partial charge in [-0.1, -0.05) is 58.4 Å². The van der Waals surface area contributed by atoms with E-state index in [1.54, 1.807) is 0 Å². The van der Waals surface area contributed by atoms with Gasteiger partial charge in [-0.25, -0.2) is 0 Å². The number of likely N-dealkylation sites (N-methyl/N-ethyl adjacent to an activating group) is 1. The second-order valence-electron chi connectivity index (χ2n) is 6.44. The highest BCUT2D eigenvalue weighted by atomic mass is 79.9. The standard InChI is InChI=1S/C20H23BrN2O/c1-23-14-16-8-5-9-19(21)18(16)12-17(23)13-22-20(24)11-10-15-6-3-2-4-7-15/h2-9,17H,10-14H2,1H3,(H,22,24)/t17-/m0/s1. The van der Waals surface area contributed by atoms with Crippen molar-refractivity contribution in [2.24, 2.45) is 0 Å². The largest absolute Gasteiger partial charge is 0.355 e. The number of fused-ring (bicyclic) bond motifs is 1. The first-order valence-corrected chi connectivity index (χ1v) is 9.20. The summed E-state index contributed by atoms with van der Waals surface area (Å²) in [6.07, 6.45) is 2.30. The van der Waals surface area contributed by atoms with E-state index in [0.29, 0.717) is 19.0 Å². The molecule has 1 aliphatic heterocycles. The third-order valence-electron chi connectivity index (χ3n) is 4.72. The van der Waals surface area contributed by atoms with Gasteiger partial charge in [0.2, 0.25) is 5.91 Å². The van der Waals surface area contributed by atoms with Gasteiger partial charge in [0.1, 0.15) is 0 Å². The summed E-state index contributed by atoms with van der Waals surface area (Å²) in [7, 11) is 2.13. The molecule has 0 unspecified atom stereocenters. The molecule has 2 aromatic carbocycles. The van der Waals surface area contributed by atoms with Gasteiger partial charge in [0.15, 0.2) is 0 Å². The van der Waals surface area contributed by atoms with Crippen LogP contribution < -0.4 is 5.32 Å². The number of nitrogens with one attached hydrogen (secondary N) is 1. The average Bonchev–Trinajstić information content (AvgIpc) is 2.59. The van der Waals surface area contributed by atoms with Crippen molar-refractivity contribution in [1.29, 1.82) is 0 Å². The molecule has 2 aromatic rings. The number of rotatable bonds is 5. The van der Waals surface area contributed by atoms with E-state index in [0.717, 1.165) is 19.4 Å². The number of benzene rings is 2. The summed E-state index contributed by atoms with van der Waals surface area (Å²) in [5.74, 6) is 0.130. The van der Waals surface area contributed by atoms with Crippen LogP contribution in [0.4, 0.5) is 0 Å². The van der Waals surface area contributed by atoms with Gasteiger partial charge in [-0.15, -0.1) is 0 Å². The first kappa shape index (κ1) is 17.2. The first-order valence-electron chi connectivity index (χ1n) is 8.40. The lowest BCUT2D eigenvalue weighted by Gasteiger charge is -2.34. The highest BCUT2D eigenvalue weighted by molar-refractivity contribution is 9.10. The summed E-state index contributed by atoms with van der Waals surface area (Å²) in [6.45, 7) is 1.63. The van der Waals surface area contributed by atoms with Crippen LogP contribution in [0.25, 0.3) is 0 Å². The Labute approximate surface area is 152 Å². The normalized spacial score (nSPS) is 17.3. The topological polar surface area (TPSA) is 32.3 Å². The first-order chi connectivity index (χ1) is 11.6. The van der Waals surface area contributed by atoms with E-state index < -0.39 is 0 Å². The fourth-order valence-electron chi connectivity index (χ4n) is 3.22. The van der Waals surface area contributed by atoms with E-state index in [4.69, 9.17) is 0 Å². The Morgan fingerprint density at radius 3 is 2.79 bits per heavy atom. The molecule has 0 saturated carbocycles. The Morgan fingerprint density at radius 1 is 1.21 bits per heavy atom. The van der Waals surface area contributed by atoms with Gasteiger partial charge in [-0.3, -0.25) is 9.69 Å². The van der Waals surface area contributed by atoms with E-state index >= 15 is 0 Å². The molecule has 0 saturated heterocycles. The second kappa shape index (κ2) is 7.95. The van der Waals surface area contributed by atoms with Crippen LogP contribution in [0.5, 0.6) is 0 Å². The van der Waals surface area contributed by atoms with E-state index in [9.17, 15) is 4.79 Å². The lowest BCUT2D eigenvalue weighted by Crippen LogP contribution is -2.45. The summed E-state index contributed by atoms with van der Waals surface area (Å²) in [6, 6.07) is 16.9. The molecule has 3 rings (SSSR count). The number of carbonyl (C=O) groups is 1. The monoisotopic (exact) mass is 386 g/mol. The number of hydrogen-bond acceptors (Lipinski definition) is 2. The predicted molar refractivity (Wildman–Crippen MR) is 101 cm³/mol. The average molecular weight is 387 g/mol. The van der Waals surface area contributed by atoms with Gasteiger partial charge in [-0.05, 0) is 42.6 Å². The molecular weight excluding hydrogens is 364 g/mol. The minimum Gasteiger partial charge on any atom is -0.355 e. The molecule has 4 heteroatoms. The maximum atomic E-state index is 12.1. The number of aryl methyl sites for hydroxylation is 1. The van der Waals surface area contributed by atoms with Crippen LogP contribution in [0.3, 0.4) is 0 Å². The maximum absolute atomic E-state index is 12.1. The van der Waals surface area contributed by atoms with Crippen LogP contribution in [0.2, 0.25) is 0 Å². The molecule has 126 valence electrons. The van der Waals surface area contributed by atoms with Gasteiger partial charge in [-0.2, -0.15) is 0 Å². The van der Waals surface area contributed by atoms with Crippen molar-refractivity contribution in [3.05, 3.63) is 69.7 Å². The van der Waals surface area contributed by atoms with Gasteiger partial charge in [0, 0.05) is 30.0 Å². The molecule has 1 aliphatic rings. The zero-order chi connectivity index (χ0) is 16.9. The molecule has 1 amide bonds. The van der Waals surface area contributed by atoms with Crippen molar-refractivity contribution in [2.45, 2.75) is 31.8 Å². The van der Waals surface area contributed by atoms with Crippen LogP contribution in [-0.2, 0) is 24.2 Å². The highest BCUT2D eigenvalue weighted by Gasteiger charge is 2.24. The summed E-state index contributed by atoms with van der Waals surface area (Å²) in [5, 5.41) is 3.11. The third kappa shape index (κ3) is 4.25. The summed E-state index contributed by atoms with van der Waals surface area (Å²) < 4.78 is 1.17. The van der Waals surface area contributed by atoms with Crippen molar-refractivity contribution in [3.63, 3.8) is 0 Å². The van der Waals surface area contributed by atoms with Crippen molar-refractivity contribution in [2.75, 3.05) is 13.6 Å². The predicted octanol–water partition coefficient (Wildman–Crippen LogP) is 3.55. The fourth-order valence-corrected chi connectivity index (χ4v) is 3.79. The lowest BCUT2D eigenvalue weighted by molar-refractivity contribution is -0.121. The summed E-state index contributed by atoms with van der Waals surface area (Å²) in [5.41, 5.74) is 3.96. The Kier molecular flexibility index (Phi) is 5.69. The van der Waals surface area contributed by atoms with Gasteiger partial charge < -0.3 is 5.32 Å². The van der Waals surface area contributed by atoms with Gasteiger partial charge in [0.25, 0.3) is 0 Å². The number of nitrogens with zero attached hydrogens (tertiary/aromatic N) is 1. The molecule has 1 N–H and O–H groups in total. The number of carbonyl (C=O) groups excluding carboxylic acids is 1. The van der Waals surface area contributed by atoms with Crippen LogP contribution in [0.1, 0.15) is 23.1 Å².